The van der Waals surface area contributed by atoms with Crippen LogP contribution in [-0.2, 0) is 0 Å². The molecule has 0 radical (unpaired) electrons. The number of rotatable bonds is 1. The molecular weight excluding hydrogens is 166 g/mol. The zero-order valence-electron chi connectivity index (χ0n) is 7.98. The fraction of sp³-hybridized carbons (Fsp3) is 0. The summed E-state index contributed by atoms with van der Waals surface area (Å²) in [5.74, 6) is 0. The molecule has 0 aliphatic heterocycles. The number of anilines is 1. The van der Waals surface area contributed by atoms with Gasteiger partial charge in [0.1, 0.15) is 0 Å². The Morgan fingerprint density at radius 2 is 2.75 bits per heavy atom. The molecule has 0 bridgehead atoms. The molecule has 1 aromatic carbocycles. The van der Waals surface area contributed by atoms with E-state index in [1.54, 1.807) is 0 Å². The van der Waals surface area contributed by atoms with Crippen molar-refractivity contribution in [1.82, 2.24) is 0 Å². The van der Waals surface area contributed by atoms with Crippen LogP contribution < -0.4 is 5.72 Å². The van der Waals surface area contributed by atoms with Crippen LogP contribution in [0.25, 0.3) is 0 Å². The zero-order valence-corrected chi connectivity index (χ0v) is 5.57. The number of nitrogen functional groups attached to an aromatic ring is 1. The summed E-state index contributed by atoms with van der Waals surface area (Å²) in [5, 5.41) is 0. The van der Waals surface area contributed by atoms with Gasteiger partial charge in [0.2, 0.25) is 0 Å². The van der Waals surface area contributed by atoms with Gasteiger partial charge in [-0.15, -0.1) is 0 Å². The lowest BCUT2D eigenvalue weighted by Crippen LogP contribution is -1.80. The maximum Gasteiger partial charge on any atom is 0.156 e. The molecular formula is C6H6BrN. The number of halogens is 1. The van der Waals surface area contributed by atoms with Crippen LogP contribution in [0.1, 0.15) is 2.74 Å². The molecule has 1 aromatic rings. The Bertz CT molecular complexity index is 302. The van der Waals surface area contributed by atoms with E-state index in [1.165, 1.54) is 12.1 Å². The lowest BCUT2D eigenvalue weighted by molar-refractivity contribution is 1.64. The Morgan fingerprint density at radius 1 is 1.88 bits per heavy atom. The Labute approximate surface area is 62.4 Å². The first-order valence-corrected chi connectivity index (χ1v) is 2.87. The van der Waals surface area contributed by atoms with E-state index in [9.17, 15) is 0 Å². The highest BCUT2D eigenvalue weighted by molar-refractivity contribution is 9.10. The van der Waals surface area contributed by atoms with Gasteiger partial charge in [0.05, 0.1) is 2.74 Å². The van der Waals surface area contributed by atoms with Gasteiger partial charge < -0.3 is 5.72 Å². The minimum Gasteiger partial charge on any atom is -0.399 e. The highest BCUT2D eigenvalue weighted by atomic mass is 79.9. The normalized spacial score (nSPS) is 15.6. The largest absolute Gasteiger partial charge is 0.399 e. The second-order valence-corrected chi connectivity index (χ2v) is 2.09. The Kier molecular flexibility index (Phi) is 0.653. The van der Waals surface area contributed by atoms with Crippen molar-refractivity contribution in [3.63, 3.8) is 0 Å². The highest BCUT2D eigenvalue weighted by Crippen LogP contribution is 2.11. The lowest BCUT2D eigenvalue weighted by atomic mass is 10.3. The van der Waals surface area contributed by atoms with Gasteiger partial charge in [-0.3, -0.25) is 0 Å². The molecule has 0 fully saturated rings. The molecule has 0 unspecified atom stereocenters. The monoisotopic (exact) mass is 175 g/mol. The van der Waals surface area contributed by atoms with Gasteiger partial charge in [-0.25, -0.2) is 0 Å². The molecule has 0 saturated heterocycles. The van der Waals surface area contributed by atoms with Crippen molar-refractivity contribution in [3.05, 3.63) is 28.7 Å². The summed E-state index contributed by atoms with van der Waals surface area (Å²) in [6.07, 6.45) is 0. The summed E-state index contributed by atoms with van der Waals surface area (Å²) in [6.45, 7) is 0. The van der Waals surface area contributed by atoms with Crippen LogP contribution in [0.5, 0.6) is 0 Å². The van der Waals surface area contributed by atoms with Crippen molar-refractivity contribution < 1.29 is 5.57 Å². The fourth-order valence-electron chi connectivity index (χ4n) is 0.384. The molecule has 42 valence electrons. The van der Waals surface area contributed by atoms with Gasteiger partial charge in [-0.1, -0.05) is 22.0 Å². The van der Waals surface area contributed by atoms with Crippen LogP contribution in [0.4, 0.5) is 5.69 Å². The van der Waals surface area contributed by atoms with E-state index in [4.69, 9.17) is 5.57 Å². The van der Waals surface area contributed by atoms with Crippen molar-refractivity contribution in [3.8, 4) is 0 Å². The second-order valence-electron chi connectivity index (χ2n) is 1.30. The minimum atomic E-state index is -0.00694. The Balaban J connectivity index is 3.27. The van der Waals surface area contributed by atoms with Gasteiger partial charge in [0, 0.05) is 10.2 Å². The second kappa shape index (κ2) is 2.18. The first-order chi connectivity index (χ1) is 5.54. The maximum atomic E-state index is 7.42. The van der Waals surface area contributed by atoms with Gasteiger partial charge in [-0.05, 0) is 18.2 Å². The van der Waals surface area contributed by atoms with Gasteiger partial charge in [-0.2, -0.15) is 0 Å². The average Bonchev–Trinajstić information content (AvgIpc) is 2.00. The molecule has 0 spiro atoms. The third-order valence-corrected chi connectivity index (χ3v) is 1.12. The van der Waals surface area contributed by atoms with Crippen LogP contribution in [0, 0.1) is 0 Å². The number of hydrogen-bond acceptors (Lipinski definition) is 1. The van der Waals surface area contributed by atoms with Gasteiger partial charge in [0.25, 0.3) is 0 Å². The summed E-state index contributed by atoms with van der Waals surface area (Å²) >= 11 is 3.03. The molecule has 8 heavy (non-hydrogen) atoms. The van der Waals surface area contributed by atoms with E-state index in [2.05, 4.69) is 15.9 Å². The standard InChI is InChI=1S/C6H6BrN/c7-5-2-1-3-6(8)4-5/h1-4H,8H2/i2D,4D/hD2. The molecule has 0 saturated carbocycles. The quantitative estimate of drug-likeness (QED) is 0.651. The van der Waals surface area contributed by atoms with Crippen LogP contribution >= 0.6 is 15.9 Å². The topological polar surface area (TPSA) is 26.0 Å². The van der Waals surface area contributed by atoms with Gasteiger partial charge in [0.15, 0.2) is 2.82 Å². The first-order valence-electron chi connectivity index (χ1n) is 3.97. The summed E-state index contributed by atoms with van der Waals surface area (Å²) in [4.78, 5) is 0. The molecule has 0 aliphatic carbocycles. The molecule has 0 amide bonds. The van der Waals surface area contributed by atoms with Crippen molar-refractivity contribution in [2.45, 2.75) is 0 Å². The van der Waals surface area contributed by atoms with Crippen LogP contribution in [0.3, 0.4) is 0 Å². The minimum absolute atomic E-state index is 0.00694. The summed E-state index contributed by atoms with van der Waals surface area (Å²) < 4.78 is 28.9. The first kappa shape index (κ1) is 2.40. The Morgan fingerprint density at radius 3 is 3.50 bits per heavy atom. The van der Waals surface area contributed by atoms with Crippen molar-refractivity contribution in [2.75, 3.05) is 5.72 Å². The Hall–Kier alpha value is -0.500. The molecule has 0 aliphatic rings. The fourth-order valence-corrected chi connectivity index (χ4v) is 0.719. The average molecular weight is 176 g/mol. The van der Waals surface area contributed by atoms with Crippen molar-refractivity contribution in [1.29, 1.82) is 0 Å². The third kappa shape index (κ3) is 1.23. The molecule has 0 atom stereocenters. The van der Waals surface area contributed by atoms with Crippen LogP contribution in [-0.4, -0.2) is 0 Å². The maximum absolute atomic E-state index is 7.42. The number of nitrogens with two attached hydrogens (primary N) is 1. The third-order valence-electron chi connectivity index (χ3n) is 0.689. The van der Waals surface area contributed by atoms with Gasteiger partial charge >= 0.3 is 0 Å². The van der Waals surface area contributed by atoms with E-state index in [0.29, 0.717) is 10.2 Å². The predicted molar refractivity (Wildman–Crippen MR) is 38.6 cm³/mol. The SMILES string of the molecule is [2H]c1ccc(N([2H])[2H])c([2H])c1Br. The van der Waals surface area contributed by atoms with E-state index in [0.717, 1.165) is 0 Å². The molecule has 0 aromatic heterocycles. The summed E-state index contributed by atoms with van der Waals surface area (Å²) in [6, 6.07) is 3.02. The van der Waals surface area contributed by atoms with Crippen LogP contribution in [0.15, 0.2) is 28.7 Å². The van der Waals surface area contributed by atoms with E-state index in [-0.39, 0.29) is 17.8 Å². The number of benzene rings is 1. The highest BCUT2D eigenvalue weighted by Gasteiger charge is 1.82. The van der Waals surface area contributed by atoms with Crippen molar-refractivity contribution >= 4 is 21.6 Å². The van der Waals surface area contributed by atoms with E-state index in [1.807, 2.05) is 0 Å². The molecule has 2 heteroatoms. The molecule has 0 heterocycles. The summed E-state index contributed by atoms with van der Waals surface area (Å²) in [7, 11) is 0. The lowest BCUT2D eigenvalue weighted by Gasteiger charge is -1.89. The number of hydrogen-bond donors (Lipinski definition) is 1. The predicted octanol–water partition coefficient (Wildman–Crippen LogP) is 2.03. The molecule has 1 nitrogen and oxygen atoms in total. The molecule has 2 N–H and O–H groups in total. The van der Waals surface area contributed by atoms with E-state index < -0.39 is 0 Å². The van der Waals surface area contributed by atoms with Crippen molar-refractivity contribution in [2.24, 2.45) is 0 Å². The smallest absolute Gasteiger partial charge is 0.156 e. The zero-order chi connectivity index (χ0) is 9.30. The summed E-state index contributed by atoms with van der Waals surface area (Å²) in [5.41, 5.74) is 0.505. The van der Waals surface area contributed by atoms with Crippen LogP contribution in [0.2, 0.25) is 2.82 Å². The molecule has 1 rings (SSSR count). The van der Waals surface area contributed by atoms with E-state index >= 15 is 0 Å².